The third kappa shape index (κ3) is 3.57. The Labute approximate surface area is 91.5 Å². The average Bonchev–Trinajstić information content (AvgIpc) is 2.17. The van der Waals surface area contributed by atoms with Crippen LogP contribution >= 0.6 is 0 Å². The SMILES string of the molecule is CCNCC(NC)c1nc(C)cc(C)n1. The van der Waals surface area contributed by atoms with E-state index in [0.29, 0.717) is 0 Å². The second kappa shape index (κ2) is 5.78. The Bertz CT molecular complexity index is 291. The van der Waals surface area contributed by atoms with Crippen LogP contribution in [-0.2, 0) is 0 Å². The molecule has 0 bridgehead atoms. The highest BCUT2D eigenvalue weighted by molar-refractivity contribution is 5.10. The average molecular weight is 208 g/mol. The Hall–Kier alpha value is -1.00. The first-order valence-electron chi connectivity index (χ1n) is 5.37. The molecule has 0 aromatic carbocycles. The molecule has 84 valence electrons. The minimum absolute atomic E-state index is 0.184. The smallest absolute Gasteiger partial charge is 0.147 e. The van der Waals surface area contributed by atoms with Crippen LogP contribution in [0.1, 0.15) is 30.2 Å². The van der Waals surface area contributed by atoms with E-state index in [2.05, 4.69) is 27.5 Å². The van der Waals surface area contributed by atoms with Gasteiger partial charge in [-0.2, -0.15) is 0 Å². The Morgan fingerprint density at radius 2 is 1.87 bits per heavy atom. The van der Waals surface area contributed by atoms with E-state index in [1.807, 2.05) is 27.0 Å². The molecule has 1 aromatic rings. The molecular formula is C11H20N4. The molecule has 0 aliphatic heterocycles. The Morgan fingerprint density at radius 1 is 1.27 bits per heavy atom. The number of rotatable bonds is 5. The Kier molecular flexibility index (Phi) is 4.65. The van der Waals surface area contributed by atoms with E-state index in [-0.39, 0.29) is 6.04 Å². The number of aromatic nitrogens is 2. The number of likely N-dealkylation sites (N-methyl/N-ethyl adjacent to an activating group) is 2. The molecule has 15 heavy (non-hydrogen) atoms. The van der Waals surface area contributed by atoms with Crippen LogP contribution < -0.4 is 10.6 Å². The normalized spacial score (nSPS) is 12.8. The third-order valence-corrected chi connectivity index (χ3v) is 2.26. The lowest BCUT2D eigenvalue weighted by atomic mass is 10.2. The van der Waals surface area contributed by atoms with Crippen molar-refractivity contribution in [3.8, 4) is 0 Å². The first-order chi connectivity index (χ1) is 7.17. The van der Waals surface area contributed by atoms with E-state index in [1.54, 1.807) is 0 Å². The summed E-state index contributed by atoms with van der Waals surface area (Å²) in [4.78, 5) is 8.89. The van der Waals surface area contributed by atoms with Gasteiger partial charge in [-0.25, -0.2) is 9.97 Å². The van der Waals surface area contributed by atoms with Crippen LogP contribution in [0, 0.1) is 13.8 Å². The minimum Gasteiger partial charge on any atom is -0.315 e. The maximum atomic E-state index is 4.44. The first kappa shape index (κ1) is 12.1. The molecule has 1 atom stereocenters. The van der Waals surface area contributed by atoms with Gasteiger partial charge >= 0.3 is 0 Å². The van der Waals surface area contributed by atoms with Gasteiger partial charge in [0, 0.05) is 17.9 Å². The van der Waals surface area contributed by atoms with Gasteiger partial charge < -0.3 is 10.6 Å². The van der Waals surface area contributed by atoms with E-state index in [9.17, 15) is 0 Å². The fraction of sp³-hybridized carbons (Fsp3) is 0.636. The summed E-state index contributed by atoms with van der Waals surface area (Å²) in [5, 5.41) is 6.51. The summed E-state index contributed by atoms with van der Waals surface area (Å²) in [6.07, 6.45) is 0. The maximum Gasteiger partial charge on any atom is 0.147 e. The highest BCUT2D eigenvalue weighted by Crippen LogP contribution is 2.08. The second-order valence-corrected chi connectivity index (χ2v) is 3.66. The van der Waals surface area contributed by atoms with E-state index >= 15 is 0 Å². The van der Waals surface area contributed by atoms with Gasteiger partial charge in [-0.1, -0.05) is 6.92 Å². The lowest BCUT2D eigenvalue weighted by Crippen LogP contribution is -2.31. The maximum absolute atomic E-state index is 4.44. The fourth-order valence-electron chi connectivity index (χ4n) is 1.52. The summed E-state index contributed by atoms with van der Waals surface area (Å²) in [5.74, 6) is 0.871. The van der Waals surface area contributed by atoms with E-state index in [1.165, 1.54) is 0 Å². The van der Waals surface area contributed by atoms with Gasteiger partial charge in [0.25, 0.3) is 0 Å². The van der Waals surface area contributed by atoms with Crippen molar-refractivity contribution in [2.24, 2.45) is 0 Å². The lowest BCUT2D eigenvalue weighted by molar-refractivity contribution is 0.511. The predicted molar refractivity (Wildman–Crippen MR) is 61.9 cm³/mol. The Morgan fingerprint density at radius 3 is 2.33 bits per heavy atom. The summed E-state index contributed by atoms with van der Waals surface area (Å²) in [5.41, 5.74) is 2.04. The highest BCUT2D eigenvalue weighted by Gasteiger charge is 2.12. The molecule has 2 N–H and O–H groups in total. The van der Waals surface area contributed by atoms with Gasteiger partial charge in [0.05, 0.1) is 6.04 Å². The number of hydrogen-bond acceptors (Lipinski definition) is 4. The van der Waals surface area contributed by atoms with Crippen LogP contribution in [0.15, 0.2) is 6.07 Å². The monoisotopic (exact) mass is 208 g/mol. The molecule has 1 aromatic heterocycles. The summed E-state index contributed by atoms with van der Waals surface area (Å²) < 4.78 is 0. The van der Waals surface area contributed by atoms with Crippen molar-refractivity contribution in [1.82, 2.24) is 20.6 Å². The molecule has 4 heteroatoms. The van der Waals surface area contributed by atoms with Crippen molar-refractivity contribution in [2.75, 3.05) is 20.1 Å². The number of nitrogens with one attached hydrogen (secondary N) is 2. The zero-order chi connectivity index (χ0) is 11.3. The molecule has 0 radical (unpaired) electrons. The zero-order valence-electron chi connectivity index (χ0n) is 9.96. The molecular weight excluding hydrogens is 188 g/mol. The van der Waals surface area contributed by atoms with E-state index in [0.717, 1.165) is 30.3 Å². The predicted octanol–water partition coefficient (Wildman–Crippen LogP) is 0.963. The number of hydrogen-bond donors (Lipinski definition) is 2. The van der Waals surface area contributed by atoms with Crippen LogP contribution in [0.3, 0.4) is 0 Å². The van der Waals surface area contributed by atoms with Crippen molar-refractivity contribution >= 4 is 0 Å². The molecule has 0 fully saturated rings. The quantitative estimate of drug-likeness (QED) is 0.757. The molecule has 4 nitrogen and oxygen atoms in total. The van der Waals surface area contributed by atoms with Crippen LogP contribution in [0.4, 0.5) is 0 Å². The molecule has 0 aliphatic rings. The summed E-state index contributed by atoms with van der Waals surface area (Å²) >= 11 is 0. The summed E-state index contributed by atoms with van der Waals surface area (Å²) in [6, 6.07) is 2.17. The standard InChI is InChI=1S/C11H20N4/c1-5-13-7-10(12-4)11-14-8(2)6-9(3)15-11/h6,10,12-13H,5,7H2,1-4H3. The molecule has 1 unspecified atom stereocenters. The lowest BCUT2D eigenvalue weighted by Gasteiger charge is -2.15. The number of nitrogens with zero attached hydrogens (tertiary/aromatic N) is 2. The van der Waals surface area contributed by atoms with Crippen LogP contribution in [0.5, 0.6) is 0 Å². The van der Waals surface area contributed by atoms with Gasteiger partial charge in [-0.3, -0.25) is 0 Å². The van der Waals surface area contributed by atoms with Crippen LogP contribution in [0.25, 0.3) is 0 Å². The van der Waals surface area contributed by atoms with Crippen molar-refractivity contribution in [3.05, 3.63) is 23.3 Å². The molecule has 1 heterocycles. The van der Waals surface area contributed by atoms with Crippen molar-refractivity contribution in [1.29, 1.82) is 0 Å². The Balaban J connectivity index is 2.81. The van der Waals surface area contributed by atoms with Gasteiger partial charge in [-0.15, -0.1) is 0 Å². The molecule has 0 aliphatic carbocycles. The summed E-state index contributed by atoms with van der Waals surface area (Å²) in [7, 11) is 1.93. The molecule has 0 saturated carbocycles. The van der Waals surface area contributed by atoms with Crippen LogP contribution in [-0.4, -0.2) is 30.1 Å². The van der Waals surface area contributed by atoms with E-state index in [4.69, 9.17) is 0 Å². The van der Waals surface area contributed by atoms with E-state index < -0.39 is 0 Å². The fourth-order valence-corrected chi connectivity index (χ4v) is 1.52. The van der Waals surface area contributed by atoms with Gasteiger partial charge in [-0.05, 0) is 33.5 Å². The van der Waals surface area contributed by atoms with Crippen molar-refractivity contribution in [3.63, 3.8) is 0 Å². The van der Waals surface area contributed by atoms with Gasteiger partial charge in [0.1, 0.15) is 5.82 Å². The third-order valence-electron chi connectivity index (χ3n) is 2.26. The second-order valence-electron chi connectivity index (χ2n) is 3.66. The molecule has 0 saturated heterocycles. The molecule has 1 rings (SSSR count). The molecule has 0 amide bonds. The highest BCUT2D eigenvalue weighted by atomic mass is 15.0. The zero-order valence-corrected chi connectivity index (χ0v) is 9.96. The van der Waals surface area contributed by atoms with Crippen molar-refractivity contribution < 1.29 is 0 Å². The topological polar surface area (TPSA) is 49.8 Å². The first-order valence-corrected chi connectivity index (χ1v) is 5.37. The van der Waals surface area contributed by atoms with Crippen molar-refractivity contribution in [2.45, 2.75) is 26.8 Å². The molecule has 0 spiro atoms. The van der Waals surface area contributed by atoms with Gasteiger partial charge in [0.15, 0.2) is 0 Å². The minimum atomic E-state index is 0.184. The van der Waals surface area contributed by atoms with Gasteiger partial charge in [0.2, 0.25) is 0 Å². The largest absolute Gasteiger partial charge is 0.315 e. The number of aryl methyl sites for hydroxylation is 2. The van der Waals surface area contributed by atoms with Crippen LogP contribution in [0.2, 0.25) is 0 Å². The summed E-state index contributed by atoms with van der Waals surface area (Å²) in [6.45, 7) is 7.91.